The van der Waals surface area contributed by atoms with Crippen LogP contribution >= 0.6 is 0 Å². The molecule has 0 aliphatic carbocycles. The second kappa shape index (κ2) is 8.88. The maximum atomic E-state index is 12.9. The summed E-state index contributed by atoms with van der Waals surface area (Å²) in [5.41, 5.74) is 1.47. The summed E-state index contributed by atoms with van der Waals surface area (Å²) < 4.78 is 12.4. The van der Waals surface area contributed by atoms with E-state index in [2.05, 4.69) is 5.10 Å². The van der Waals surface area contributed by atoms with Crippen LogP contribution < -0.4 is 4.74 Å². The van der Waals surface area contributed by atoms with Gasteiger partial charge in [-0.25, -0.2) is 0 Å². The molecule has 1 aliphatic heterocycles. The van der Waals surface area contributed by atoms with E-state index in [1.165, 1.54) is 6.20 Å². The molecule has 28 heavy (non-hydrogen) atoms. The number of hydrogen-bond acceptors (Lipinski definition) is 5. The average molecular weight is 386 g/mol. The van der Waals surface area contributed by atoms with E-state index >= 15 is 0 Å². The Hall–Kier alpha value is -2.87. The van der Waals surface area contributed by atoms with Crippen molar-refractivity contribution in [3.63, 3.8) is 0 Å². The van der Waals surface area contributed by atoms with E-state index in [1.54, 1.807) is 34.9 Å². The van der Waals surface area contributed by atoms with Gasteiger partial charge in [-0.05, 0) is 24.6 Å². The third-order valence-electron chi connectivity index (χ3n) is 4.88. The van der Waals surface area contributed by atoms with E-state index in [-0.39, 0.29) is 24.5 Å². The van der Waals surface area contributed by atoms with E-state index in [4.69, 9.17) is 9.47 Å². The van der Waals surface area contributed by atoms with Gasteiger partial charge in [-0.1, -0.05) is 12.1 Å². The van der Waals surface area contributed by atoms with Crippen LogP contribution in [0.15, 0.2) is 36.7 Å². The lowest BCUT2D eigenvalue weighted by atomic mass is 10.2. The largest absolute Gasteiger partial charge is 0.497 e. The van der Waals surface area contributed by atoms with Crippen LogP contribution in [0.5, 0.6) is 5.75 Å². The van der Waals surface area contributed by atoms with Gasteiger partial charge in [0.25, 0.3) is 5.91 Å². The monoisotopic (exact) mass is 386 g/mol. The van der Waals surface area contributed by atoms with Gasteiger partial charge in [0, 0.05) is 39.5 Å². The SMILES string of the molecule is CCn1cc(C(=O)N2CC(=O)N(Cc3ccc(OC)cc3)CC(OC)C2)cn1. The summed E-state index contributed by atoms with van der Waals surface area (Å²) in [5, 5.41) is 4.15. The minimum absolute atomic E-state index is 0.0200. The van der Waals surface area contributed by atoms with E-state index in [1.807, 2.05) is 31.2 Å². The van der Waals surface area contributed by atoms with E-state index < -0.39 is 0 Å². The smallest absolute Gasteiger partial charge is 0.257 e. The first-order chi connectivity index (χ1) is 13.5. The number of rotatable bonds is 6. The van der Waals surface area contributed by atoms with Gasteiger partial charge in [-0.3, -0.25) is 14.3 Å². The highest BCUT2D eigenvalue weighted by Gasteiger charge is 2.31. The lowest BCUT2D eigenvalue weighted by Gasteiger charge is -2.23. The number of carbonyl (C=O) groups is 2. The quantitative estimate of drug-likeness (QED) is 0.750. The summed E-state index contributed by atoms with van der Waals surface area (Å²) >= 11 is 0. The molecule has 0 spiro atoms. The molecule has 0 saturated carbocycles. The molecule has 1 fully saturated rings. The maximum Gasteiger partial charge on any atom is 0.257 e. The van der Waals surface area contributed by atoms with Gasteiger partial charge in [0.2, 0.25) is 5.91 Å². The van der Waals surface area contributed by atoms with Crippen molar-refractivity contribution in [2.45, 2.75) is 26.1 Å². The minimum Gasteiger partial charge on any atom is -0.497 e. The fourth-order valence-corrected chi connectivity index (χ4v) is 3.22. The van der Waals surface area contributed by atoms with Crippen LogP contribution in [0.1, 0.15) is 22.8 Å². The van der Waals surface area contributed by atoms with E-state index in [9.17, 15) is 9.59 Å². The van der Waals surface area contributed by atoms with Crippen LogP contribution in [0, 0.1) is 0 Å². The summed E-state index contributed by atoms with van der Waals surface area (Å²) in [5.74, 6) is 0.457. The van der Waals surface area contributed by atoms with Crippen molar-refractivity contribution in [2.75, 3.05) is 33.9 Å². The summed E-state index contributed by atoms with van der Waals surface area (Å²) in [6, 6.07) is 7.60. The van der Waals surface area contributed by atoms with Crippen molar-refractivity contribution in [3.8, 4) is 5.75 Å². The van der Waals surface area contributed by atoms with Crippen molar-refractivity contribution < 1.29 is 19.1 Å². The molecule has 2 heterocycles. The molecule has 2 amide bonds. The normalized spacial score (nSPS) is 17.5. The molecule has 2 aromatic rings. The molecule has 0 radical (unpaired) electrons. The van der Waals surface area contributed by atoms with Crippen molar-refractivity contribution >= 4 is 11.8 Å². The third-order valence-corrected chi connectivity index (χ3v) is 4.88. The van der Waals surface area contributed by atoms with Crippen LogP contribution in [-0.4, -0.2) is 71.4 Å². The van der Waals surface area contributed by atoms with Crippen LogP contribution in [0.4, 0.5) is 0 Å². The second-order valence-corrected chi connectivity index (χ2v) is 6.75. The zero-order chi connectivity index (χ0) is 20.1. The zero-order valence-electron chi connectivity index (χ0n) is 16.5. The van der Waals surface area contributed by atoms with E-state index in [0.717, 1.165) is 11.3 Å². The number of methoxy groups -OCH3 is 2. The molecule has 1 aromatic carbocycles. The van der Waals surface area contributed by atoms with Gasteiger partial charge >= 0.3 is 0 Å². The molecule has 1 unspecified atom stereocenters. The number of benzene rings is 1. The fourth-order valence-electron chi connectivity index (χ4n) is 3.22. The molecule has 0 N–H and O–H groups in total. The Labute approximate surface area is 164 Å². The number of ether oxygens (including phenoxy) is 2. The standard InChI is InChI=1S/C20H26N4O4/c1-4-24-11-16(9-21-24)20(26)23-13-18(28-3)12-22(19(25)14-23)10-15-5-7-17(27-2)8-6-15/h5-9,11,18H,4,10,12-14H2,1-3H3. The molecular formula is C20H26N4O4. The highest BCUT2D eigenvalue weighted by molar-refractivity contribution is 5.96. The van der Waals surface area contributed by atoms with Crippen LogP contribution in [0.25, 0.3) is 0 Å². The van der Waals surface area contributed by atoms with E-state index in [0.29, 0.717) is 31.7 Å². The molecular weight excluding hydrogens is 360 g/mol. The maximum absolute atomic E-state index is 12.9. The molecule has 8 nitrogen and oxygen atoms in total. The third kappa shape index (κ3) is 4.51. The lowest BCUT2D eigenvalue weighted by molar-refractivity contribution is -0.132. The molecule has 1 atom stereocenters. The lowest BCUT2D eigenvalue weighted by Crippen LogP contribution is -2.39. The Morgan fingerprint density at radius 3 is 2.57 bits per heavy atom. The molecule has 1 aromatic heterocycles. The Bertz CT molecular complexity index is 818. The Morgan fingerprint density at radius 2 is 1.96 bits per heavy atom. The summed E-state index contributed by atoms with van der Waals surface area (Å²) in [6.07, 6.45) is 2.99. The molecule has 0 bridgehead atoms. The molecule has 1 aliphatic rings. The van der Waals surface area contributed by atoms with Crippen LogP contribution in [0.3, 0.4) is 0 Å². The van der Waals surface area contributed by atoms with Crippen molar-refractivity contribution in [2.24, 2.45) is 0 Å². The number of aromatic nitrogens is 2. The first-order valence-corrected chi connectivity index (χ1v) is 9.29. The fraction of sp³-hybridized carbons (Fsp3) is 0.450. The average Bonchev–Trinajstić information content (AvgIpc) is 3.14. The number of aryl methyl sites for hydroxylation is 1. The number of hydrogen-bond donors (Lipinski definition) is 0. The van der Waals surface area contributed by atoms with Crippen molar-refractivity contribution in [3.05, 3.63) is 47.8 Å². The first kappa shape index (κ1) is 19.9. The highest BCUT2D eigenvalue weighted by Crippen LogP contribution is 2.17. The Kier molecular flexibility index (Phi) is 6.30. The van der Waals surface area contributed by atoms with Gasteiger partial charge in [-0.15, -0.1) is 0 Å². The summed E-state index contributed by atoms with van der Waals surface area (Å²) in [4.78, 5) is 29.0. The molecule has 1 saturated heterocycles. The Balaban J connectivity index is 1.73. The molecule has 8 heteroatoms. The van der Waals surface area contributed by atoms with Gasteiger partial charge in [-0.2, -0.15) is 5.10 Å². The zero-order valence-corrected chi connectivity index (χ0v) is 16.5. The summed E-state index contributed by atoms with van der Waals surface area (Å²) in [6.45, 7) is 3.90. The van der Waals surface area contributed by atoms with Gasteiger partial charge < -0.3 is 19.3 Å². The van der Waals surface area contributed by atoms with Crippen molar-refractivity contribution in [1.82, 2.24) is 19.6 Å². The predicted octanol–water partition coefficient (Wildman–Crippen LogP) is 1.41. The van der Waals surface area contributed by atoms with Crippen LogP contribution in [-0.2, 0) is 22.6 Å². The Morgan fingerprint density at radius 1 is 1.21 bits per heavy atom. The number of amides is 2. The minimum atomic E-state index is -0.255. The van der Waals surface area contributed by atoms with Gasteiger partial charge in [0.05, 0.1) is 25.0 Å². The second-order valence-electron chi connectivity index (χ2n) is 6.75. The number of nitrogens with zero attached hydrogens (tertiary/aromatic N) is 4. The van der Waals surface area contributed by atoms with Crippen molar-refractivity contribution in [1.29, 1.82) is 0 Å². The van der Waals surface area contributed by atoms with Crippen LogP contribution in [0.2, 0.25) is 0 Å². The summed E-state index contributed by atoms with van der Waals surface area (Å²) in [7, 11) is 3.22. The predicted molar refractivity (Wildman–Crippen MR) is 103 cm³/mol. The highest BCUT2D eigenvalue weighted by atomic mass is 16.5. The molecule has 150 valence electrons. The van der Waals surface area contributed by atoms with Gasteiger partial charge in [0.1, 0.15) is 12.3 Å². The topological polar surface area (TPSA) is 76.9 Å². The van der Waals surface area contributed by atoms with Gasteiger partial charge in [0.15, 0.2) is 0 Å². The number of carbonyl (C=O) groups excluding carboxylic acids is 2. The first-order valence-electron chi connectivity index (χ1n) is 9.29. The molecule has 3 rings (SSSR count).